The van der Waals surface area contributed by atoms with E-state index < -0.39 is 11.9 Å². The van der Waals surface area contributed by atoms with E-state index in [1.54, 1.807) is 24.7 Å². The largest absolute Gasteiger partial charge is 0.459 e. The lowest BCUT2D eigenvalue weighted by atomic mass is 10.3. The Kier molecular flexibility index (Phi) is 5.40. The van der Waals surface area contributed by atoms with Gasteiger partial charge in [0.1, 0.15) is 5.57 Å². The van der Waals surface area contributed by atoms with Gasteiger partial charge in [-0.2, -0.15) is 0 Å². The first kappa shape index (κ1) is 15.6. The summed E-state index contributed by atoms with van der Waals surface area (Å²) in [4.78, 5) is 32.3. The molecule has 1 aromatic heterocycles. The van der Waals surface area contributed by atoms with Gasteiger partial charge >= 0.3 is 5.97 Å². The van der Waals surface area contributed by atoms with Crippen LogP contribution < -0.4 is 5.32 Å². The maximum atomic E-state index is 12.3. The van der Waals surface area contributed by atoms with Gasteiger partial charge in [-0.3, -0.25) is 9.78 Å². The van der Waals surface area contributed by atoms with Crippen LogP contribution in [0.15, 0.2) is 39.2 Å². The molecule has 6 nitrogen and oxygen atoms in total. The van der Waals surface area contributed by atoms with Crippen molar-refractivity contribution in [2.24, 2.45) is 0 Å². The van der Waals surface area contributed by atoms with E-state index in [1.807, 2.05) is 0 Å². The number of aromatic nitrogens is 2. The molecule has 1 amide bonds. The predicted molar refractivity (Wildman–Crippen MR) is 83.2 cm³/mol. The Morgan fingerprint density at radius 1 is 1.24 bits per heavy atom. The molecule has 1 aliphatic rings. The molecule has 2 rings (SSSR count). The van der Waals surface area contributed by atoms with Crippen molar-refractivity contribution in [2.45, 2.75) is 20.0 Å². The molecular weight excluding hydrogens is 310 g/mol. The Balaban J connectivity index is 2.21. The number of esters is 1. The van der Waals surface area contributed by atoms with E-state index in [4.69, 9.17) is 4.74 Å². The molecule has 2 heterocycles. The standard InChI is InChI=1S/C13H13N3O3S2/c1-8(2)19-12(18)10(13-20-5-6-21-13)11(17)16-9-7-14-3-4-15-9/h3-8H,1-2H3,(H,15,16,17). The van der Waals surface area contributed by atoms with Crippen LogP contribution in [-0.4, -0.2) is 27.9 Å². The van der Waals surface area contributed by atoms with Crippen molar-refractivity contribution in [3.8, 4) is 0 Å². The van der Waals surface area contributed by atoms with Crippen LogP contribution in [0.3, 0.4) is 0 Å². The Morgan fingerprint density at radius 2 is 1.95 bits per heavy atom. The van der Waals surface area contributed by atoms with Gasteiger partial charge in [0, 0.05) is 12.4 Å². The minimum Gasteiger partial charge on any atom is -0.459 e. The molecule has 1 N–H and O–H groups in total. The van der Waals surface area contributed by atoms with E-state index in [2.05, 4.69) is 15.3 Å². The van der Waals surface area contributed by atoms with Crippen molar-refractivity contribution in [1.82, 2.24) is 9.97 Å². The molecule has 0 unspecified atom stereocenters. The van der Waals surface area contributed by atoms with E-state index in [0.717, 1.165) is 0 Å². The molecule has 0 bridgehead atoms. The van der Waals surface area contributed by atoms with E-state index >= 15 is 0 Å². The zero-order chi connectivity index (χ0) is 15.2. The first-order chi connectivity index (χ1) is 10.1. The number of ether oxygens (including phenoxy) is 1. The molecule has 1 aliphatic heterocycles. The summed E-state index contributed by atoms with van der Waals surface area (Å²) in [6.07, 6.45) is 4.05. The highest BCUT2D eigenvalue weighted by molar-refractivity contribution is 8.27. The molecular formula is C13H13N3O3S2. The summed E-state index contributed by atoms with van der Waals surface area (Å²) in [5.41, 5.74) is -0.0191. The smallest absolute Gasteiger partial charge is 0.345 e. The second kappa shape index (κ2) is 7.28. The number of carbonyl (C=O) groups excluding carboxylic acids is 2. The summed E-state index contributed by atoms with van der Waals surface area (Å²) in [6.45, 7) is 3.46. The lowest BCUT2D eigenvalue weighted by Gasteiger charge is -2.12. The normalized spacial score (nSPS) is 13.4. The second-order valence-electron chi connectivity index (χ2n) is 4.17. The van der Waals surface area contributed by atoms with Crippen molar-refractivity contribution < 1.29 is 14.3 Å². The Bertz CT molecular complexity index is 590. The van der Waals surface area contributed by atoms with Crippen molar-refractivity contribution in [1.29, 1.82) is 0 Å². The highest BCUT2D eigenvalue weighted by atomic mass is 32.2. The van der Waals surface area contributed by atoms with Crippen LogP contribution >= 0.6 is 23.5 Å². The van der Waals surface area contributed by atoms with Crippen LogP contribution in [0.1, 0.15) is 13.8 Å². The number of hydrogen-bond acceptors (Lipinski definition) is 7. The molecule has 0 radical (unpaired) electrons. The summed E-state index contributed by atoms with van der Waals surface area (Å²) in [5, 5.41) is 6.16. The summed E-state index contributed by atoms with van der Waals surface area (Å²) < 4.78 is 5.72. The molecule has 0 fully saturated rings. The van der Waals surface area contributed by atoms with Gasteiger partial charge in [0.25, 0.3) is 5.91 Å². The fourth-order valence-electron chi connectivity index (χ4n) is 1.41. The first-order valence-corrected chi connectivity index (χ1v) is 7.85. The molecule has 21 heavy (non-hydrogen) atoms. The van der Waals surface area contributed by atoms with Gasteiger partial charge in [-0.25, -0.2) is 9.78 Å². The Morgan fingerprint density at radius 3 is 2.52 bits per heavy atom. The molecule has 0 atom stereocenters. The molecule has 0 spiro atoms. The van der Waals surface area contributed by atoms with Gasteiger partial charge in [0.05, 0.1) is 16.5 Å². The zero-order valence-electron chi connectivity index (χ0n) is 11.4. The van der Waals surface area contributed by atoms with Gasteiger partial charge < -0.3 is 10.1 Å². The number of hydrogen-bond donors (Lipinski definition) is 1. The number of nitrogens with one attached hydrogen (secondary N) is 1. The summed E-state index contributed by atoms with van der Waals surface area (Å²) in [5.74, 6) is -0.927. The average Bonchev–Trinajstić information content (AvgIpc) is 2.93. The fraction of sp³-hybridized carbons (Fsp3) is 0.231. The monoisotopic (exact) mass is 323 g/mol. The molecule has 1 aromatic rings. The van der Waals surface area contributed by atoms with E-state index in [1.165, 1.54) is 42.1 Å². The van der Waals surface area contributed by atoms with Crippen LogP contribution in [-0.2, 0) is 14.3 Å². The number of rotatable bonds is 4. The molecule has 0 saturated heterocycles. The number of anilines is 1. The highest BCUT2D eigenvalue weighted by Gasteiger charge is 2.27. The van der Waals surface area contributed by atoms with Crippen LogP contribution in [0, 0.1) is 0 Å². The zero-order valence-corrected chi connectivity index (χ0v) is 13.0. The number of amides is 1. The molecule has 8 heteroatoms. The third kappa shape index (κ3) is 4.33. The van der Waals surface area contributed by atoms with E-state index in [0.29, 0.717) is 4.24 Å². The molecule has 0 aromatic carbocycles. The van der Waals surface area contributed by atoms with Crippen molar-refractivity contribution in [3.63, 3.8) is 0 Å². The van der Waals surface area contributed by atoms with Gasteiger partial charge in [0.2, 0.25) is 0 Å². The minimum absolute atomic E-state index is 0.0191. The third-order valence-electron chi connectivity index (χ3n) is 2.19. The molecule has 110 valence electrons. The van der Waals surface area contributed by atoms with Gasteiger partial charge in [-0.05, 0) is 24.7 Å². The maximum Gasteiger partial charge on any atom is 0.345 e. The average molecular weight is 323 g/mol. The lowest BCUT2D eigenvalue weighted by molar-refractivity contribution is -0.143. The fourth-order valence-corrected chi connectivity index (χ4v) is 3.24. The van der Waals surface area contributed by atoms with Crippen LogP contribution in [0.25, 0.3) is 0 Å². The number of thioether (sulfide) groups is 2. The number of nitrogens with zero attached hydrogens (tertiary/aromatic N) is 2. The summed E-state index contributed by atoms with van der Waals surface area (Å²) in [6, 6.07) is 0. The van der Waals surface area contributed by atoms with Gasteiger partial charge in [-0.1, -0.05) is 23.5 Å². The van der Waals surface area contributed by atoms with Gasteiger partial charge in [0.15, 0.2) is 5.82 Å². The van der Waals surface area contributed by atoms with Crippen molar-refractivity contribution in [2.75, 3.05) is 5.32 Å². The maximum absolute atomic E-state index is 12.3. The predicted octanol–water partition coefficient (Wildman–Crippen LogP) is 2.53. The highest BCUT2D eigenvalue weighted by Crippen LogP contribution is 2.40. The van der Waals surface area contributed by atoms with Crippen LogP contribution in [0.2, 0.25) is 0 Å². The van der Waals surface area contributed by atoms with Crippen molar-refractivity contribution >= 4 is 41.2 Å². The van der Waals surface area contributed by atoms with Gasteiger partial charge in [-0.15, -0.1) is 0 Å². The minimum atomic E-state index is -0.648. The SMILES string of the molecule is CC(C)OC(=O)C(C(=O)Nc1cnccn1)=C1SC=CS1. The topological polar surface area (TPSA) is 81.2 Å². The first-order valence-electron chi connectivity index (χ1n) is 6.09. The third-order valence-corrected chi connectivity index (χ3v) is 4.32. The van der Waals surface area contributed by atoms with Crippen molar-refractivity contribution in [3.05, 3.63) is 39.2 Å². The quantitative estimate of drug-likeness (QED) is 0.394. The Labute approximate surface area is 130 Å². The van der Waals surface area contributed by atoms with E-state index in [-0.39, 0.29) is 17.5 Å². The molecule has 0 saturated carbocycles. The van der Waals surface area contributed by atoms with Crippen LogP contribution in [0.5, 0.6) is 0 Å². The summed E-state index contributed by atoms with van der Waals surface area (Å²) >= 11 is 2.62. The summed E-state index contributed by atoms with van der Waals surface area (Å²) in [7, 11) is 0. The lowest BCUT2D eigenvalue weighted by Crippen LogP contribution is -2.25. The van der Waals surface area contributed by atoms with E-state index in [9.17, 15) is 9.59 Å². The second-order valence-corrected chi connectivity index (χ2v) is 6.26. The number of carbonyl (C=O) groups is 2. The Hall–Kier alpha value is -1.80. The van der Waals surface area contributed by atoms with Crippen LogP contribution in [0.4, 0.5) is 5.82 Å². The molecule has 0 aliphatic carbocycles.